The summed E-state index contributed by atoms with van der Waals surface area (Å²) in [6.45, 7) is 4.66. The lowest BCUT2D eigenvalue weighted by Gasteiger charge is -2.17. The second-order valence-electron chi connectivity index (χ2n) is 8.65. The van der Waals surface area contributed by atoms with E-state index >= 15 is 0 Å². The van der Waals surface area contributed by atoms with E-state index in [1.165, 1.54) is 11.1 Å². The van der Waals surface area contributed by atoms with Gasteiger partial charge < -0.3 is 14.3 Å². The van der Waals surface area contributed by atoms with Gasteiger partial charge in [0.15, 0.2) is 0 Å². The van der Waals surface area contributed by atoms with Crippen molar-refractivity contribution in [1.82, 2.24) is 0 Å². The van der Waals surface area contributed by atoms with E-state index in [-0.39, 0.29) is 5.92 Å². The SMILES string of the molecule is COc1cc(C)c(-c2cccc(COc3ccc4c(c3)C[C@H]3[C@H](C=O)[C@@H]43)c2C)c(Cl)c1. The third-order valence-corrected chi connectivity index (χ3v) is 7.22. The molecule has 3 aromatic carbocycles. The van der Waals surface area contributed by atoms with Crippen LogP contribution < -0.4 is 9.47 Å². The quantitative estimate of drug-likeness (QED) is 0.429. The number of hydrogen-bond donors (Lipinski definition) is 0. The predicted molar refractivity (Wildman–Crippen MR) is 123 cm³/mol. The van der Waals surface area contributed by atoms with Gasteiger partial charge in [-0.2, -0.15) is 0 Å². The molecule has 0 saturated heterocycles. The maximum absolute atomic E-state index is 11.1. The van der Waals surface area contributed by atoms with E-state index in [0.29, 0.717) is 23.5 Å². The summed E-state index contributed by atoms with van der Waals surface area (Å²) < 4.78 is 11.5. The third-order valence-electron chi connectivity index (χ3n) is 6.92. The first-order chi connectivity index (χ1) is 15.0. The van der Waals surface area contributed by atoms with Crippen LogP contribution in [-0.4, -0.2) is 13.4 Å². The van der Waals surface area contributed by atoms with Gasteiger partial charge in [-0.25, -0.2) is 0 Å². The number of ether oxygens (including phenoxy) is 2. The van der Waals surface area contributed by atoms with E-state index in [0.717, 1.165) is 52.0 Å². The fourth-order valence-electron chi connectivity index (χ4n) is 5.16. The molecule has 2 aliphatic rings. The van der Waals surface area contributed by atoms with Crippen molar-refractivity contribution in [2.75, 3.05) is 7.11 Å². The Balaban J connectivity index is 1.37. The highest BCUT2D eigenvalue weighted by atomic mass is 35.5. The van der Waals surface area contributed by atoms with Gasteiger partial charge in [0.25, 0.3) is 0 Å². The van der Waals surface area contributed by atoms with Crippen LogP contribution in [0.4, 0.5) is 0 Å². The zero-order chi connectivity index (χ0) is 21.7. The van der Waals surface area contributed by atoms with Crippen molar-refractivity contribution < 1.29 is 14.3 Å². The highest BCUT2D eigenvalue weighted by molar-refractivity contribution is 6.33. The second-order valence-corrected chi connectivity index (χ2v) is 9.05. The molecule has 2 aliphatic carbocycles. The first-order valence-electron chi connectivity index (χ1n) is 10.7. The van der Waals surface area contributed by atoms with Crippen molar-refractivity contribution >= 4 is 17.9 Å². The number of aldehydes is 1. The Morgan fingerprint density at radius 3 is 2.68 bits per heavy atom. The fraction of sp³-hybridized carbons (Fsp3) is 0.296. The highest BCUT2D eigenvalue weighted by Gasteiger charge is 2.55. The van der Waals surface area contributed by atoms with Gasteiger partial charge in [0.1, 0.15) is 24.4 Å². The lowest BCUT2D eigenvalue weighted by Crippen LogP contribution is -2.01. The average Bonchev–Trinajstić information content (AvgIpc) is 3.32. The van der Waals surface area contributed by atoms with Gasteiger partial charge in [0, 0.05) is 11.5 Å². The molecular weight excluding hydrogens is 408 g/mol. The first-order valence-corrected chi connectivity index (χ1v) is 11.0. The molecule has 3 nitrogen and oxygen atoms in total. The molecule has 5 rings (SSSR count). The summed E-state index contributed by atoms with van der Waals surface area (Å²) in [5.74, 6) is 2.83. The summed E-state index contributed by atoms with van der Waals surface area (Å²) in [7, 11) is 1.65. The van der Waals surface area contributed by atoms with E-state index < -0.39 is 0 Å². The molecule has 31 heavy (non-hydrogen) atoms. The Kier molecular flexibility index (Phi) is 5.02. The molecule has 0 amide bonds. The molecule has 1 fully saturated rings. The standard InChI is InChI=1S/C27H25ClO3/c1-15-9-20(30-3)12-25(28)26(15)21-6-4-5-17(16(21)2)14-31-19-7-8-22-18(10-19)11-23-24(13-29)27(22)23/h4-10,12-13,23-24,27H,11,14H2,1-3H3/t23-,24-,27-/m0/s1. The van der Waals surface area contributed by atoms with Crippen LogP contribution in [0.5, 0.6) is 11.5 Å². The Hall–Kier alpha value is -2.78. The molecule has 1 saturated carbocycles. The monoisotopic (exact) mass is 432 g/mol. The number of halogens is 1. The number of methoxy groups -OCH3 is 1. The molecular formula is C27H25ClO3. The zero-order valence-corrected chi connectivity index (χ0v) is 18.7. The number of rotatable bonds is 6. The van der Waals surface area contributed by atoms with E-state index in [1.807, 2.05) is 18.2 Å². The molecule has 0 unspecified atom stereocenters. The van der Waals surface area contributed by atoms with Crippen LogP contribution in [0.25, 0.3) is 11.1 Å². The molecule has 0 aliphatic heterocycles. The summed E-state index contributed by atoms with van der Waals surface area (Å²) in [5.41, 5.74) is 8.18. The molecule has 3 atom stereocenters. The molecule has 4 heteroatoms. The lowest BCUT2D eigenvalue weighted by molar-refractivity contribution is -0.109. The number of hydrogen-bond acceptors (Lipinski definition) is 3. The fourth-order valence-corrected chi connectivity index (χ4v) is 5.52. The van der Waals surface area contributed by atoms with Crippen molar-refractivity contribution in [3.05, 3.63) is 81.4 Å². The van der Waals surface area contributed by atoms with E-state index in [1.54, 1.807) is 7.11 Å². The van der Waals surface area contributed by atoms with Gasteiger partial charge in [0.2, 0.25) is 0 Å². The Labute approximate surface area is 188 Å². The number of aryl methyl sites for hydroxylation is 1. The average molecular weight is 433 g/mol. The van der Waals surface area contributed by atoms with Gasteiger partial charge in [-0.1, -0.05) is 35.9 Å². The summed E-state index contributed by atoms with van der Waals surface area (Å²) >= 11 is 6.60. The summed E-state index contributed by atoms with van der Waals surface area (Å²) in [5, 5.41) is 0.684. The zero-order valence-electron chi connectivity index (χ0n) is 17.9. The van der Waals surface area contributed by atoms with Crippen molar-refractivity contribution in [3.8, 4) is 22.6 Å². The van der Waals surface area contributed by atoms with E-state index in [2.05, 4.69) is 44.2 Å². The number of fused-ring (bicyclic) bond motifs is 3. The van der Waals surface area contributed by atoms with Gasteiger partial charge in [-0.15, -0.1) is 0 Å². The minimum atomic E-state index is 0.234. The number of carbonyl (C=O) groups excluding carboxylic acids is 1. The molecule has 0 bridgehead atoms. The van der Waals surface area contributed by atoms with Gasteiger partial charge >= 0.3 is 0 Å². The Bertz CT molecular complexity index is 1160. The van der Waals surface area contributed by atoms with E-state index in [4.69, 9.17) is 21.1 Å². The predicted octanol–water partition coefficient (Wildman–Crippen LogP) is 6.30. The Morgan fingerprint density at radius 1 is 1.10 bits per heavy atom. The van der Waals surface area contributed by atoms with E-state index in [9.17, 15) is 4.79 Å². The summed E-state index contributed by atoms with van der Waals surface area (Å²) in [6.07, 6.45) is 2.11. The van der Waals surface area contributed by atoms with Crippen LogP contribution in [0, 0.1) is 25.7 Å². The van der Waals surface area contributed by atoms with Crippen LogP contribution in [0.3, 0.4) is 0 Å². The maximum atomic E-state index is 11.1. The van der Waals surface area contributed by atoms with Gasteiger partial charge in [-0.05, 0) is 89.8 Å². The van der Waals surface area contributed by atoms with Crippen LogP contribution in [-0.2, 0) is 17.8 Å². The minimum absolute atomic E-state index is 0.234. The molecule has 0 spiro atoms. The highest BCUT2D eigenvalue weighted by Crippen LogP contribution is 2.60. The number of carbonyl (C=O) groups is 1. The molecule has 0 N–H and O–H groups in total. The van der Waals surface area contributed by atoms with Crippen molar-refractivity contribution in [2.45, 2.75) is 32.8 Å². The maximum Gasteiger partial charge on any atom is 0.124 e. The smallest absolute Gasteiger partial charge is 0.124 e. The minimum Gasteiger partial charge on any atom is -0.497 e. The first kappa shape index (κ1) is 20.1. The normalized spacial score (nSPS) is 20.7. The molecule has 0 aromatic heterocycles. The lowest BCUT2D eigenvalue weighted by atomic mass is 9.93. The topological polar surface area (TPSA) is 35.5 Å². The second kappa shape index (κ2) is 7.72. The van der Waals surface area contributed by atoms with Crippen LogP contribution in [0.1, 0.15) is 33.7 Å². The summed E-state index contributed by atoms with van der Waals surface area (Å²) in [4.78, 5) is 11.1. The van der Waals surface area contributed by atoms with Crippen LogP contribution in [0.2, 0.25) is 5.02 Å². The van der Waals surface area contributed by atoms with Crippen LogP contribution >= 0.6 is 11.6 Å². The van der Waals surface area contributed by atoms with Gasteiger partial charge in [-0.3, -0.25) is 0 Å². The molecule has 0 heterocycles. The molecule has 0 radical (unpaired) electrons. The van der Waals surface area contributed by atoms with Gasteiger partial charge in [0.05, 0.1) is 12.1 Å². The van der Waals surface area contributed by atoms with Crippen molar-refractivity contribution in [2.24, 2.45) is 11.8 Å². The van der Waals surface area contributed by atoms with Crippen molar-refractivity contribution in [1.29, 1.82) is 0 Å². The summed E-state index contributed by atoms with van der Waals surface area (Å²) in [6, 6.07) is 16.4. The van der Waals surface area contributed by atoms with Crippen LogP contribution in [0.15, 0.2) is 48.5 Å². The molecule has 158 valence electrons. The van der Waals surface area contributed by atoms with Crippen molar-refractivity contribution in [3.63, 3.8) is 0 Å². The molecule has 3 aromatic rings. The third kappa shape index (κ3) is 3.41. The Morgan fingerprint density at radius 2 is 1.94 bits per heavy atom. The largest absolute Gasteiger partial charge is 0.497 e. The number of benzene rings is 3.